The maximum atomic E-state index is 5.69. The van der Waals surface area contributed by atoms with Crippen molar-refractivity contribution in [2.24, 2.45) is 5.92 Å². The number of nitrogens with two attached hydrogens (primary N) is 1. The van der Waals surface area contributed by atoms with Gasteiger partial charge in [-0.05, 0) is 30.3 Å². The topological polar surface area (TPSA) is 60.2 Å². The van der Waals surface area contributed by atoms with Crippen molar-refractivity contribution in [3.63, 3.8) is 0 Å². The fraction of sp³-hybridized carbons (Fsp3) is 0.750. The molecule has 0 saturated heterocycles. The van der Waals surface area contributed by atoms with Crippen LogP contribution in [0.15, 0.2) is 0 Å². The van der Waals surface area contributed by atoms with Crippen LogP contribution in [-0.2, 0) is 0 Å². The van der Waals surface area contributed by atoms with Crippen LogP contribution in [0.5, 0.6) is 5.75 Å². The molecule has 0 aliphatic heterocycles. The Labute approximate surface area is 107 Å². The van der Waals surface area contributed by atoms with E-state index >= 15 is 0 Å². The summed E-state index contributed by atoms with van der Waals surface area (Å²) in [6, 6.07) is 0. The van der Waals surface area contributed by atoms with Crippen molar-refractivity contribution in [3.8, 4) is 5.75 Å². The minimum atomic E-state index is 0.482. The van der Waals surface area contributed by atoms with Crippen LogP contribution in [-0.4, -0.2) is 18.0 Å². The first kappa shape index (κ1) is 12.5. The monoisotopic (exact) mass is 255 g/mol. The molecule has 1 fully saturated rings. The third-order valence-electron chi connectivity index (χ3n) is 3.43. The molecule has 5 heteroatoms. The van der Waals surface area contributed by atoms with E-state index in [0.717, 1.165) is 17.5 Å². The SMILES string of the molecule is COc1c(N)nsc1NCCCC1CCCC1. The van der Waals surface area contributed by atoms with Crippen molar-refractivity contribution in [3.05, 3.63) is 0 Å². The Balaban J connectivity index is 1.70. The number of anilines is 2. The average molecular weight is 255 g/mol. The largest absolute Gasteiger partial charge is 0.490 e. The van der Waals surface area contributed by atoms with E-state index in [4.69, 9.17) is 10.5 Å². The van der Waals surface area contributed by atoms with Crippen LogP contribution in [0.25, 0.3) is 0 Å². The van der Waals surface area contributed by atoms with Crippen molar-refractivity contribution >= 4 is 22.4 Å². The van der Waals surface area contributed by atoms with Gasteiger partial charge in [0.25, 0.3) is 0 Å². The highest BCUT2D eigenvalue weighted by molar-refractivity contribution is 7.11. The molecule has 1 aliphatic carbocycles. The second-order valence-corrected chi connectivity index (χ2v) is 5.42. The van der Waals surface area contributed by atoms with Crippen LogP contribution >= 0.6 is 11.5 Å². The van der Waals surface area contributed by atoms with E-state index in [0.29, 0.717) is 11.6 Å². The van der Waals surface area contributed by atoms with Gasteiger partial charge < -0.3 is 15.8 Å². The maximum Gasteiger partial charge on any atom is 0.197 e. The van der Waals surface area contributed by atoms with Gasteiger partial charge in [0.1, 0.15) is 0 Å². The number of ether oxygens (including phenoxy) is 1. The first-order valence-electron chi connectivity index (χ1n) is 6.34. The quantitative estimate of drug-likeness (QED) is 0.767. The van der Waals surface area contributed by atoms with Gasteiger partial charge in [0, 0.05) is 6.54 Å². The highest BCUT2D eigenvalue weighted by atomic mass is 32.1. The van der Waals surface area contributed by atoms with Gasteiger partial charge in [-0.3, -0.25) is 0 Å². The Hall–Kier alpha value is -0.970. The number of nitrogen functional groups attached to an aromatic ring is 1. The summed E-state index contributed by atoms with van der Waals surface area (Å²) in [5, 5.41) is 4.32. The molecule has 0 unspecified atom stereocenters. The first-order valence-corrected chi connectivity index (χ1v) is 7.11. The summed E-state index contributed by atoms with van der Waals surface area (Å²) in [7, 11) is 1.63. The lowest BCUT2D eigenvalue weighted by atomic mass is 10.0. The van der Waals surface area contributed by atoms with Gasteiger partial charge in [-0.15, -0.1) is 0 Å². The lowest BCUT2D eigenvalue weighted by molar-refractivity contribution is 0.419. The van der Waals surface area contributed by atoms with Crippen LogP contribution in [0.2, 0.25) is 0 Å². The smallest absolute Gasteiger partial charge is 0.197 e. The van der Waals surface area contributed by atoms with E-state index in [1.807, 2.05) is 0 Å². The van der Waals surface area contributed by atoms with Crippen molar-refractivity contribution in [1.82, 2.24) is 4.37 Å². The number of methoxy groups -OCH3 is 1. The Morgan fingerprint density at radius 2 is 2.24 bits per heavy atom. The molecule has 1 aromatic rings. The molecule has 96 valence electrons. The van der Waals surface area contributed by atoms with Crippen LogP contribution in [0.4, 0.5) is 10.8 Å². The third-order valence-corrected chi connectivity index (χ3v) is 4.23. The zero-order chi connectivity index (χ0) is 12.1. The molecule has 0 amide bonds. The molecule has 3 N–H and O–H groups in total. The summed E-state index contributed by atoms with van der Waals surface area (Å²) in [6.07, 6.45) is 8.26. The summed E-state index contributed by atoms with van der Waals surface area (Å²) < 4.78 is 9.28. The second-order valence-electron chi connectivity index (χ2n) is 4.65. The minimum absolute atomic E-state index is 0.482. The van der Waals surface area contributed by atoms with Crippen molar-refractivity contribution in [1.29, 1.82) is 0 Å². The molecule has 4 nitrogen and oxygen atoms in total. The maximum absolute atomic E-state index is 5.69. The van der Waals surface area contributed by atoms with Gasteiger partial charge in [-0.2, -0.15) is 4.37 Å². The molecule has 0 bridgehead atoms. The molecule has 0 aromatic carbocycles. The average Bonchev–Trinajstić information content (AvgIpc) is 2.94. The van der Waals surface area contributed by atoms with Gasteiger partial charge in [0.2, 0.25) is 0 Å². The van der Waals surface area contributed by atoms with Crippen molar-refractivity contribution in [2.45, 2.75) is 38.5 Å². The van der Waals surface area contributed by atoms with Gasteiger partial charge in [-0.1, -0.05) is 25.7 Å². The lowest BCUT2D eigenvalue weighted by Gasteiger charge is -2.09. The zero-order valence-corrected chi connectivity index (χ0v) is 11.2. The Bertz CT molecular complexity index is 348. The van der Waals surface area contributed by atoms with E-state index in [2.05, 4.69) is 9.69 Å². The molecule has 0 spiro atoms. The van der Waals surface area contributed by atoms with E-state index in [-0.39, 0.29) is 0 Å². The van der Waals surface area contributed by atoms with E-state index in [1.165, 1.54) is 50.1 Å². The van der Waals surface area contributed by atoms with Crippen molar-refractivity contribution < 1.29 is 4.74 Å². The number of hydrogen-bond acceptors (Lipinski definition) is 5. The van der Waals surface area contributed by atoms with Crippen LogP contribution in [0.3, 0.4) is 0 Å². The summed E-state index contributed by atoms with van der Waals surface area (Å²) in [4.78, 5) is 0. The van der Waals surface area contributed by atoms with Crippen molar-refractivity contribution in [2.75, 3.05) is 24.7 Å². The number of aromatic nitrogens is 1. The van der Waals surface area contributed by atoms with Crippen LogP contribution < -0.4 is 15.8 Å². The number of nitrogens with zero attached hydrogens (tertiary/aromatic N) is 1. The zero-order valence-electron chi connectivity index (χ0n) is 10.4. The molecule has 17 heavy (non-hydrogen) atoms. The predicted octanol–water partition coefficient (Wildman–Crippen LogP) is 3.12. The summed E-state index contributed by atoms with van der Waals surface area (Å²) in [5.74, 6) is 2.14. The highest BCUT2D eigenvalue weighted by Crippen LogP contribution is 2.34. The van der Waals surface area contributed by atoms with E-state index in [1.54, 1.807) is 7.11 Å². The molecule has 1 saturated carbocycles. The van der Waals surface area contributed by atoms with Crippen LogP contribution in [0, 0.1) is 5.92 Å². The van der Waals surface area contributed by atoms with E-state index in [9.17, 15) is 0 Å². The van der Waals surface area contributed by atoms with Gasteiger partial charge in [0.15, 0.2) is 16.6 Å². The standard InChI is InChI=1S/C12H21N3OS/c1-16-10-11(13)15-17-12(10)14-8-4-7-9-5-2-3-6-9/h9,14H,2-8H2,1H3,(H2,13,15). The number of hydrogen-bond donors (Lipinski definition) is 2. The van der Waals surface area contributed by atoms with Gasteiger partial charge in [0.05, 0.1) is 7.11 Å². The molecule has 1 heterocycles. The molecule has 2 rings (SSSR count). The normalized spacial score (nSPS) is 16.3. The Morgan fingerprint density at radius 1 is 1.47 bits per heavy atom. The number of rotatable bonds is 6. The minimum Gasteiger partial charge on any atom is -0.490 e. The third kappa shape index (κ3) is 3.25. The lowest BCUT2D eigenvalue weighted by Crippen LogP contribution is -2.04. The molecular weight excluding hydrogens is 234 g/mol. The molecule has 1 aliphatic rings. The van der Waals surface area contributed by atoms with E-state index < -0.39 is 0 Å². The fourth-order valence-corrected chi connectivity index (χ4v) is 3.21. The summed E-state index contributed by atoms with van der Waals surface area (Å²) in [5.41, 5.74) is 5.69. The molecule has 0 radical (unpaired) electrons. The molecular formula is C12H21N3OS. The van der Waals surface area contributed by atoms with Gasteiger partial charge in [-0.25, -0.2) is 0 Å². The second kappa shape index (κ2) is 6.10. The van der Waals surface area contributed by atoms with Crippen LogP contribution in [0.1, 0.15) is 38.5 Å². The highest BCUT2D eigenvalue weighted by Gasteiger charge is 2.15. The Kier molecular flexibility index (Phi) is 4.48. The predicted molar refractivity (Wildman–Crippen MR) is 72.8 cm³/mol. The number of nitrogens with one attached hydrogen (secondary N) is 1. The van der Waals surface area contributed by atoms with Gasteiger partial charge >= 0.3 is 0 Å². The first-order chi connectivity index (χ1) is 8.31. The molecule has 1 aromatic heterocycles. The summed E-state index contributed by atoms with van der Waals surface area (Å²) >= 11 is 1.37. The Morgan fingerprint density at radius 3 is 2.94 bits per heavy atom. The molecule has 0 atom stereocenters. The fourth-order valence-electron chi connectivity index (χ4n) is 2.50. The summed E-state index contributed by atoms with van der Waals surface area (Å²) in [6.45, 7) is 0.981.